The van der Waals surface area contributed by atoms with Gasteiger partial charge in [0, 0.05) is 29.3 Å². The Morgan fingerprint density at radius 2 is 1.71 bits per heavy atom. The zero-order valence-electron chi connectivity index (χ0n) is 20.2. The second-order valence-electron chi connectivity index (χ2n) is 9.23. The van der Waals surface area contributed by atoms with Crippen molar-refractivity contribution in [3.8, 4) is 23.0 Å². The molecule has 0 aromatic heterocycles. The van der Waals surface area contributed by atoms with E-state index < -0.39 is 12.6 Å². The zero-order valence-corrected chi connectivity index (χ0v) is 21.0. The van der Waals surface area contributed by atoms with Gasteiger partial charge in [0.05, 0.1) is 18.2 Å². The van der Waals surface area contributed by atoms with Crippen molar-refractivity contribution in [2.24, 2.45) is 5.41 Å². The molecular formula is C26H34ClNO6. The fraction of sp³-hybridized carbons (Fsp3) is 0.462. The number of aliphatic carboxylic acids is 1. The fourth-order valence-corrected chi connectivity index (χ4v) is 3.60. The van der Waals surface area contributed by atoms with Crippen LogP contribution in [0.4, 0.5) is 0 Å². The molecule has 2 rings (SSSR count). The van der Waals surface area contributed by atoms with E-state index in [1.807, 2.05) is 13.0 Å². The third-order valence-corrected chi connectivity index (χ3v) is 5.14. The van der Waals surface area contributed by atoms with E-state index in [1.54, 1.807) is 18.2 Å². The van der Waals surface area contributed by atoms with Gasteiger partial charge in [-0.05, 0) is 42.5 Å². The first-order chi connectivity index (χ1) is 16.0. The highest BCUT2D eigenvalue weighted by atomic mass is 35.5. The maximum Gasteiger partial charge on any atom is 0.341 e. The summed E-state index contributed by atoms with van der Waals surface area (Å²) in [5, 5.41) is 28.2. The lowest BCUT2D eigenvalue weighted by atomic mass is 9.86. The van der Waals surface area contributed by atoms with Crippen LogP contribution in [0.15, 0.2) is 30.3 Å². The lowest BCUT2D eigenvalue weighted by Crippen LogP contribution is -2.14. The lowest BCUT2D eigenvalue weighted by molar-refractivity contribution is -0.139. The molecule has 0 saturated heterocycles. The number of phenols is 1. The van der Waals surface area contributed by atoms with Gasteiger partial charge in [-0.1, -0.05) is 45.7 Å². The van der Waals surface area contributed by atoms with Crippen molar-refractivity contribution < 1.29 is 29.2 Å². The van der Waals surface area contributed by atoms with E-state index in [1.165, 1.54) is 6.07 Å². The van der Waals surface area contributed by atoms with E-state index in [2.05, 4.69) is 20.8 Å². The molecule has 0 aliphatic rings. The molecule has 3 N–H and O–H groups in total. The highest BCUT2D eigenvalue weighted by Gasteiger charge is 2.20. The van der Waals surface area contributed by atoms with E-state index in [9.17, 15) is 9.90 Å². The summed E-state index contributed by atoms with van der Waals surface area (Å²) in [6.07, 6.45) is 2.65. The molecule has 0 fully saturated rings. The van der Waals surface area contributed by atoms with Crippen LogP contribution in [0.2, 0.25) is 5.02 Å². The van der Waals surface area contributed by atoms with E-state index >= 15 is 0 Å². The summed E-state index contributed by atoms with van der Waals surface area (Å²) in [7, 11) is 0. The van der Waals surface area contributed by atoms with Gasteiger partial charge in [-0.25, -0.2) is 4.79 Å². The summed E-state index contributed by atoms with van der Waals surface area (Å²) in [5.74, 6) is 0.497. The molecule has 34 heavy (non-hydrogen) atoms. The average Bonchev–Trinajstić information content (AvgIpc) is 2.74. The number of carboxylic acids is 1. The van der Waals surface area contributed by atoms with Gasteiger partial charge in [0.15, 0.2) is 6.61 Å². The number of phenolic OH excluding ortho intramolecular Hbond substituents is 1. The van der Waals surface area contributed by atoms with Crippen LogP contribution >= 0.6 is 11.6 Å². The molecule has 0 bridgehead atoms. The first kappa shape index (κ1) is 27.3. The third-order valence-electron chi connectivity index (χ3n) is 4.84. The quantitative estimate of drug-likeness (QED) is 0.230. The van der Waals surface area contributed by atoms with Crippen molar-refractivity contribution in [2.75, 3.05) is 19.8 Å². The van der Waals surface area contributed by atoms with E-state index in [0.717, 1.165) is 12.0 Å². The van der Waals surface area contributed by atoms with E-state index in [-0.39, 0.29) is 11.2 Å². The van der Waals surface area contributed by atoms with Crippen LogP contribution in [0.5, 0.6) is 23.0 Å². The molecule has 0 heterocycles. The molecule has 2 aromatic carbocycles. The summed E-state index contributed by atoms with van der Waals surface area (Å²) in [6.45, 7) is 8.54. The smallest absolute Gasteiger partial charge is 0.341 e. The van der Waals surface area contributed by atoms with Gasteiger partial charge in [-0.3, -0.25) is 0 Å². The normalized spacial score (nSPS) is 11.2. The van der Waals surface area contributed by atoms with Gasteiger partial charge in [0.1, 0.15) is 23.0 Å². The van der Waals surface area contributed by atoms with Crippen molar-refractivity contribution >= 4 is 23.3 Å². The maximum atomic E-state index is 10.8. The number of hydrogen-bond donors (Lipinski definition) is 3. The van der Waals surface area contributed by atoms with Crippen LogP contribution in [0.1, 0.15) is 58.1 Å². The number of halogens is 1. The zero-order chi connectivity index (χ0) is 25.3. The Morgan fingerprint density at radius 1 is 1.06 bits per heavy atom. The monoisotopic (exact) mass is 491 g/mol. The molecular weight excluding hydrogens is 458 g/mol. The Kier molecular flexibility index (Phi) is 10.1. The Bertz CT molecular complexity index is 1000. The van der Waals surface area contributed by atoms with Crippen LogP contribution in [0.25, 0.3) is 0 Å². The maximum absolute atomic E-state index is 10.8. The molecule has 7 nitrogen and oxygen atoms in total. The minimum absolute atomic E-state index is 0.0433. The van der Waals surface area contributed by atoms with Gasteiger partial charge < -0.3 is 29.8 Å². The second-order valence-corrected chi connectivity index (χ2v) is 9.64. The van der Waals surface area contributed by atoms with E-state index in [0.29, 0.717) is 66.0 Å². The van der Waals surface area contributed by atoms with Crippen molar-refractivity contribution in [2.45, 2.75) is 53.4 Å². The van der Waals surface area contributed by atoms with Crippen LogP contribution in [-0.2, 0) is 11.2 Å². The number of nitrogens with one attached hydrogen (secondary N) is 1. The topological polar surface area (TPSA) is 109 Å². The highest BCUT2D eigenvalue weighted by Crippen LogP contribution is 2.35. The molecule has 0 aliphatic heterocycles. The predicted octanol–water partition coefficient (Wildman–Crippen LogP) is 6.11. The molecule has 0 spiro atoms. The fourth-order valence-electron chi connectivity index (χ4n) is 3.37. The second kappa shape index (κ2) is 12.5. The number of carbonyl (C=O) groups is 1. The number of hydrogen-bond acceptors (Lipinski definition) is 6. The van der Waals surface area contributed by atoms with Gasteiger partial charge >= 0.3 is 5.97 Å². The van der Waals surface area contributed by atoms with E-state index in [4.69, 9.17) is 36.3 Å². The molecule has 2 aromatic rings. The Labute approximate surface area is 206 Å². The minimum Gasteiger partial charge on any atom is -0.507 e. The average molecular weight is 492 g/mol. The number of benzene rings is 2. The summed E-state index contributed by atoms with van der Waals surface area (Å²) in [6, 6.07) is 8.31. The van der Waals surface area contributed by atoms with Crippen LogP contribution in [-0.4, -0.2) is 41.7 Å². The van der Waals surface area contributed by atoms with Crippen molar-refractivity contribution in [1.82, 2.24) is 0 Å². The minimum atomic E-state index is -1.07. The Morgan fingerprint density at radius 3 is 2.29 bits per heavy atom. The number of carboxylic acid groups (broad SMARTS) is 1. The van der Waals surface area contributed by atoms with Crippen molar-refractivity contribution in [3.63, 3.8) is 0 Å². The predicted molar refractivity (Wildman–Crippen MR) is 133 cm³/mol. The molecule has 0 amide bonds. The first-order valence-electron chi connectivity index (χ1n) is 11.3. The summed E-state index contributed by atoms with van der Waals surface area (Å²) >= 11 is 6.18. The highest BCUT2D eigenvalue weighted by molar-refractivity contribution is 6.32. The molecule has 0 unspecified atom stereocenters. The summed E-state index contributed by atoms with van der Waals surface area (Å²) in [4.78, 5) is 10.6. The van der Waals surface area contributed by atoms with Crippen LogP contribution in [0.3, 0.4) is 0 Å². The third kappa shape index (κ3) is 8.45. The number of rotatable bonds is 13. The summed E-state index contributed by atoms with van der Waals surface area (Å²) in [5.41, 5.74) is 1.65. The molecule has 8 heteroatoms. The van der Waals surface area contributed by atoms with Gasteiger partial charge in [-0.15, -0.1) is 0 Å². The van der Waals surface area contributed by atoms with Gasteiger partial charge in [0.2, 0.25) is 0 Å². The molecule has 0 radical (unpaired) electrons. The van der Waals surface area contributed by atoms with Crippen LogP contribution < -0.4 is 14.2 Å². The van der Waals surface area contributed by atoms with Gasteiger partial charge in [-0.2, -0.15) is 0 Å². The molecule has 0 aliphatic carbocycles. The molecule has 0 atom stereocenters. The largest absolute Gasteiger partial charge is 0.507 e. The number of aromatic hydroxyl groups is 1. The first-order valence-corrected chi connectivity index (χ1v) is 11.7. The number of ether oxygens (including phenoxy) is 3. The van der Waals surface area contributed by atoms with Gasteiger partial charge in [0.25, 0.3) is 0 Å². The Balaban J connectivity index is 1.93. The SMILES string of the molecule is CCCc1c(OCCCOc2ccc(OCC(=O)O)cc2Cl)ccc(C(=N)CC(C)(C)C)c1O. The van der Waals surface area contributed by atoms with Crippen LogP contribution in [0, 0.1) is 10.8 Å². The summed E-state index contributed by atoms with van der Waals surface area (Å²) < 4.78 is 16.7. The molecule has 186 valence electrons. The Hall–Kier alpha value is -2.93. The lowest BCUT2D eigenvalue weighted by Gasteiger charge is -2.21. The van der Waals surface area contributed by atoms with Crippen molar-refractivity contribution in [3.05, 3.63) is 46.5 Å². The van der Waals surface area contributed by atoms with Crippen molar-refractivity contribution in [1.29, 1.82) is 5.41 Å². The standard InChI is InChI=1S/C26H34ClNO6/c1-5-7-19-22(11-9-18(25(19)31)21(28)15-26(2,3)4)32-12-6-13-33-23-10-8-17(14-20(23)27)34-16-24(29)30/h8-11,14,28,31H,5-7,12-13,15-16H2,1-4H3,(H,29,30). The molecule has 0 saturated carbocycles.